The van der Waals surface area contributed by atoms with Crippen LogP contribution in [0.5, 0.6) is 0 Å². The predicted molar refractivity (Wildman–Crippen MR) is 55.8 cm³/mol. The van der Waals surface area contributed by atoms with Crippen LogP contribution in [-0.2, 0) is 16.0 Å². The van der Waals surface area contributed by atoms with Gasteiger partial charge in [0.2, 0.25) is 5.91 Å². The Morgan fingerprint density at radius 2 is 2.33 bits per heavy atom. The number of hydrogen-bond acceptors (Lipinski definition) is 5. The Balaban J connectivity index is 2.39. The molecule has 0 bridgehead atoms. The zero-order valence-electron chi connectivity index (χ0n) is 7.90. The monoisotopic (exact) mass is 229 g/mol. The number of hydrogen-bond donors (Lipinski definition) is 3. The first-order chi connectivity index (χ1) is 7.08. The Morgan fingerprint density at radius 1 is 1.60 bits per heavy atom. The number of carbonyl (C=O) groups excluding carboxylic acids is 1. The van der Waals surface area contributed by atoms with Crippen LogP contribution >= 0.6 is 11.3 Å². The molecule has 0 aliphatic rings. The smallest absolute Gasteiger partial charge is 0.309 e. The number of nitrogens with two attached hydrogens (primary N) is 1. The Kier molecular flexibility index (Phi) is 4.04. The standard InChI is InChI=1S/C8H11N3O3S/c9-6(12)1-2-10-8-11-5(4-15-8)3-7(13)14/h4H,1-3H2,(H2,9,12)(H,10,11)(H,13,14). The average molecular weight is 229 g/mol. The molecular formula is C8H11N3O3S. The molecule has 0 saturated heterocycles. The molecule has 15 heavy (non-hydrogen) atoms. The van der Waals surface area contributed by atoms with Gasteiger partial charge in [0, 0.05) is 18.3 Å². The van der Waals surface area contributed by atoms with Gasteiger partial charge in [-0.05, 0) is 0 Å². The molecule has 0 aliphatic carbocycles. The van der Waals surface area contributed by atoms with Crippen molar-refractivity contribution in [1.29, 1.82) is 0 Å². The summed E-state index contributed by atoms with van der Waals surface area (Å²) < 4.78 is 0. The lowest BCUT2D eigenvalue weighted by Crippen LogP contribution is -2.15. The molecule has 0 atom stereocenters. The minimum atomic E-state index is -0.913. The fourth-order valence-corrected chi connectivity index (χ4v) is 1.66. The Morgan fingerprint density at radius 3 is 2.93 bits per heavy atom. The SMILES string of the molecule is NC(=O)CCNc1nc(CC(=O)O)cs1. The number of carboxylic acid groups (broad SMARTS) is 1. The molecule has 1 amide bonds. The van der Waals surface area contributed by atoms with Crippen molar-refractivity contribution < 1.29 is 14.7 Å². The molecule has 6 nitrogen and oxygen atoms in total. The van der Waals surface area contributed by atoms with E-state index in [1.54, 1.807) is 5.38 Å². The molecule has 0 radical (unpaired) electrons. The van der Waals surface area contributed by atoms with Gasteiger partial charge < -0.3 is 16.2 Å². The fraction of sp³-hybridized carbons (Fsp3) is 0.375. The summed E-state index contributed by atoms with van der Waals surface area (Å²) in [6.07, 6.45) is 0.141. The Hall–Kier alpha value is -1.63. The van der Waals surface area contributed by atoms with Gasteiger partial charge in [-0.3, -0.25) is 9.59 Å². The molecule has 4 N–H and O–H groups in total. The van der Waals surface area contributed by atoms with E-state index in [2.05, 4.69) is 10.3 Å². The quantitative estimate of drug-likeness (QED) is 0.639. The summed E-state index contributed by atoms with van der Waals surface area (Å²) in [6.45, 7) is 0.412. The van der Waals surface area contributed by atoms with Gasteiger partial charge in [-0.2, -0.15) is 0 Å². The minimum Gasteiger partial charge on any atom is -0.481 e. The number of primary amides is 1. The van der Waals surface area contributed by atoms with E-state index < -0.39 is 5.97 Å². The molecule has 0 fully saturated rings. The van der Waals surface area contributed by atoms with E-state index in [4.69, 9.17) is 10.8 Å². The first-order valence-corrected chi connectivity index (χ1v) is 5.14. The molecule has 1 aromatic heterocycles. The van der Waals surface area contributed by atoms with Crippen LogP contribution < -0.4 is 11.1 Å². The average Bonchev–Trinajstić information content (AvgIpc) is 2.50. The van der Waals surface area contributed by atoms with Gasteiger partial charge in [0.15, 0.2) is 5.13 Å². The molecule has 82 valence electrons. The van der Waals surface area contributed by atoms with Crippen LogP contribution in [0.1, 0.15) is 12.1 Å². The number of carboxylic acids is 1. The lowest BCUT2D eigenvalue weighted by Gasteiger charge is -1.98. The second kappa shape index (κ2) is 5.30. The second-order valence-corrected chi connectivity index (χ2v) is 3.72. The van der Waals surface area contributed by atoms with Crippen molar-refractivity contribution in [2.24, 2.45) is 5.73 Å². The highest BCUT2D eigenvalue weighted by molar-refractivity contribution is 7.13. The van der Waals surface area contributed by atoms with Gasteiger partial charge in [-0.25, -0.2) is 4.98 Å². The maximum absolute atomic E-state index is 10.4. The molecule has 1 heterocycles. The molecule has 1 rings (SSSR count). The first kappa shape index (κ1) is 11.4. The molecule has 0 unspecified atom stereocenters. The van der Waals surface area contributed by atoms with E-state index in [1.807, 2.05) is 0 Å². The molecule has 0 spiro atoms. The number of nitrogens with one attached hydrogen (secondary N) is 1. The van der Waals surface area contributed by atoms with Crippen LogP contribution in [0, 0.1) is 0 Å². The topological polar surface area (TPSA) is 105 Å². The lowest BCUT2D eigenvalue weighted by molar-refractivity contribution is -0.136. The van der Waals surface area contributed by atoms with E-state index in [9.17, 15) is 9.59 Å². The summed E-state index contributed by atoms with van der Waals surface area (Å²) in [5, 5.41) is 13.7. The molecule has 0 aliphatic heterocycles. The summed E-state index contributed by atoms with van der Waals surface area (Å²) in [5.74, 6) is -1.30. The van der Waals surface area contributed by atoms with Gasteiger partial charge >= 0.3 is 5.97 Å². The van der Waals surface area contributed by atoms with E-state index in [1.165, 1.54) is 11.3 Å². The van der Waals surface area contributed by atoms with Crippen molar-refractivity contribution in [3.63, 3.8) is 0 Å². The zero-order chi connectivity index (χ0) is 11.3. The predicted octanol–water partition coefficient (Wildman–Crippen LogP) is 0.0575. The highest BCUT2D eigenvalue weighted by atomic mass is 32.1. The van der Waals surface area contributed by atoms with Crippen molar-refractivity contribution >= 4 is 28.3 Å². The number of rotatable bonds is 6. The molecule has 0 aromatic carbocycles. The van der Waals surface area contributed by atoms with Crippen LogP contribution in [0.4, 0.5) is 5.13 Å². The van der Waals surface area contributed by atoms with Crippen molar-refractivity contribution in [2.75, 3.05) is 11.9 Å². The number of nitrogens with zero attached hydrogens (tertiary/aromatic N) is 1. The molecule has 0 saturated carbocycles. The highest BCUT2D eigenvalue weighted by Crippen LogP contribution is 2.15. The van der Waals surface area contributed by atoms with Crippen LogP contribution in [0.3, 0.4) is 0 Å². The van der Waals surface area contributed by atoms with E-state index in [0.717, 1.165) is 0 Å². The van der Waals surface area contributed by atoms with Crippen LogP contribution in [0.2, 0.25) is 0 Å². The summed E-state index contributed by atoms with van der Waals surface area (Å²) in [7, 11) is 0. The van der Waals surface area contributed by atoms with E-state index in [0.29, 0.717) is 17.4 Å². The Labute approximate surface area is 90.1 Å². The van der Waals surface area contributed by atoms with Crippen LogP contribution in [0.15, 0.2) is 5.38 Å². The molecule has 1 aromatic rings. The third-order valence-electron chi connectivity index (χ3n) is 1.53. The van der Waals surface area contributed by atoms with E-state index in [-0.39, 0.29) is 18.7 Å². The lowest BCUT2D eigenvalue weighted by atomic mass is 10.3. The summed E-state index contributed by atoms with van der Waals surface area (Å²) in [5.41, 5.74) is 5.46. The number of thiazole rings is 1. The number of anilines is 1. The van der Waals surface area contributed by atoms with Gasteiger partial charge in [-0.15, -0.1) is 11.3 Å². The van der Waals surface area contributed by atoms with Crippen molar-refractivity contribution in [2.45, 2.75) is 12.8 Å². The number of amides is 1. The molecule has 7 heteroatoms. The van der Waals surface area contributed by atoms with Gasteiger partial charge in [0.05, 0.1) is 12.1 Å². The third-order valence-corrected chi connectivity index (χ3v) is 2.38. The van der Waals surface area contributed by atoms with Crippen LogP contribution in [-0.4, -0.2) is 28.5 Å². The van der Waals surface area contributed by atoms with Gasteiger partial charge in [0.25, 0.3) is 0 Å². The van der Waals surface area contributed by atoms with Crippen LogP contribution in [0.25, 0.3) is 0 Å². The Bertz CT molecular complexity index is 364. The van der Waals surface area contributed by atoms with E-state index >= 15 is 0 Å². The van der Waals surface area contributed by atoms with Gasteiger partial charge in [0.1, 0.15) is 0 Å². The third kappa shape index (κ3) is 4.41. The number of carbonyl (C=O) groups is 2. The molecular weight excluding hydrogens is 218 g/mol. The van der Waals surface area contributed by atoms with Gasteiger partial charge in [-0.1, -0.05) is 0 Å². The number of aliphatic carboxylic acids is 1. The number of aromatic nitrogens is 1. The maximum Gasteiger partial charge on any atom is 0.309 e. The largest absolute Gasteiger partial charge is 0.481 e. The normalized spacial score (nSPS) is 9.87. The summed E-state index contributed by atoms with van der Waals surface area (Å²) >= 11 is 1.31. The second-order valence-electron chi connectivity index (χ2n) is 2.86. The minimum absolute atomic E-state index is 0.0893. The van der Waals surface area contributed by atoms with Crippen molar-refractivity contribution in [3.8, 4) is 0 Å². The fourth-order valence-electron chi connectivity index (χ4n) is 0.917. The van der Waals surface area contributed by atoms with Crippen molar-refractivity contribution in [3.05, 3.63) is 11.1 Å². The first-order valence-electron chi connectivity index (χ1n) is 4.26. The zero-order valence-corrected chi connectivity index (χ0v) is 8.71. The summed E-state index contributed by atoms with van der Waals surface area (Å²) in [6, 6.07) is 0. The highest BCUT2D eigenvalue weighted by Gasteiger charge is 2.05. The van der Waals surface area contributed by atoms with Crippen molar-refractivity contribution in [1.82, 2.24) is 4.98 Å². The summed E-state index contributed by atoms with van der Waals surface area (Å²) in [4.78, 5) is 24.8. The maximum atomic E-state index is 10.4.